The summed E-state index contributed by atoms with van der Waals surface area (Å²) in [5.74, 6) is -3.12. The molecule has 16 heteroatoms. The number of ether oxygens (including phenoxy) is 5. The molecule has 202 valence electrons. The third-order valence-corrected chi connectivity index (χ3v) is 5.75. The number of hydrogen-bond donors (Lipinski definition) is 1. The molecule has 1 aliphatic heterocycles. The van der Waals surface area contributed by atoms with Gasteiger partial charge < -0.3 is 23.7 Å². The molecule has 1 heterocycles. The first-order valence-electron chi connectivity index (χ1n) is 11.1. The lowest BCUT2D eigenvalue weighted by Crippen LogP contribution is -2.69. The highest BCUT2D eigenvalue weighted by Gasteiger charge is 2.54. The van der Waals surface area contributed by atoms with Crippen LogP contribution in [0.3, 0.4) is 0 Å². The molecule has 1 saturated carbocycles. The van der Waals surface area contributed by atoms with E-state index in [2.05, 4.69) is 5.32 Å². The van der Waals surface area contributed by atoms with E-state index in [1.807, 2.05) is 0 Å². The van der Waals surface area contributed by atoms with Gasteiger partial charge in [-0.05, 0) is 6.42 Å². The Balaban J connectivity index is 2.45. The first-order valence-corrected chi connectivity index (χ1v) is 11.1. The van der Waals surface area contributed by atoms with E-state index in [1.165, 1.54) is 0 Å². The van der Waals surface area contributed by atoms with Crippen molar-refractivity contribution in [2.45, 2.75) is 95.7 Å². The SMILES string of the molecule is CC(=O)OC[C@@H]1O[C@@H](OC(C)=O)[C@H](N[C@@H]2CC[C@@H]([N+](=O)[O-])C[C@@H]2[N+](=O)[O-])[C@@H](OC(C)=O)[C@@H]1OC(C)=O. The van der Waals surface area contributed by atoms with Crippen LogP contribution >= 0.6 is 0 Å². The molecule has 8 atom stereocenters. The van der Waals surface area contributed by atoms with Crippen LogP contribution < -0.4 is 5.32 Å². The van der Waals surface area contributed by atoms with E-state index >= 15 is 0 Å². The topological polar surface area (TPSA) is 213 Å². The Morgan fingerprint density at radius 3 is 1.94 bits per heavy atom. The molecular formula is C20H29N3O13. The molecule has 0 aromatic carbocycles. The van der Waals surface area contributed by atoms with Crippen molar-refractivity contribution in [1.29, 1.82) is 0 Å². The first-order chi connectivity index (χ1) is 16.8. The van der Waals surface area contributed by atoms with E-state index in [9.17, 15) is 39.4 Å². The van der Waals surface area contributed by atoms with Crippen molar-refractivity contribution < 1.29 is 52.7 Å². The summed E-state index contributed by atoms with van der Waals surface area (Å²) in [6, 6.07) is -4.76. The first kappa shape index (κ1) is 28.8. The van der Waals surface area contributed by atoms with Gasteiger partial charge in [0.15, 0.2) is 12.2 Å². The molecule has 0 bridgehead atoms. The Kier molecular flexibility index (Phi) is 10.0. The molecule has 0 unspecified atom stereocenters. The molecular weight excluding hydrogens is 490 g/mol. The number of esters is 4. The van der Waals surface area contributed by atoms with Crippen molar-refractivity contribution in [3.05, 3.63) is 20.2 Å². The average Bonchev–Trinajstić information content (AvgIpc) is 2.75. The van der Waals surface area contributed by atoms with E-state index in [0.717, 1.165) is 27.7 Å². The third-order valence-electron chi connectivity index (χ3n) is 5.75. The Labute approximate surface area is 205 Å². The molecule has 36 heavy (non-hydrogen) atoms. The van der Waals surface area contributed by atoms with Crippen LogP contribution in [0.5, 0.6) is 0 Å². The zero-order valence-corrected chi connectivity index (χ0v) is 20.1. The van der Waals surface area contributed by atoms with Crippen LogP contribution in [0, 0.1) is 20.2 Å². The minimum Gasteiger partial charge on any atom is -0.463 e. The minimum atomic E-state index is -1.51. The summed E-state index contributed by atoms with van der Waals surface area (Å²) in [7, 11) is 0. The highest BCUT2D eigenvalue weighted by atomic mass is 16.7. The van der Waals surface area contributed by atoms with Crippen molar-refractivity contribution in [2.24, 2.45) is 0 Å². The monoisotopic (exact) mass is 519 g/mol. The number of nitrogens with zero attached hydrogens (tertiary/aromatic N) is 2. The van der Waals surface area contributed by atoms with Crippen LogP contribution in [0.1, 0.15) is 47.0 Å². The molecule has 1 aliphatic carbocycles. The maximum absolute atomic E-state index is 12.0. The molecule has 2 fully saturated rings. The van der Waals surface area contributed by atoms with Gasteiger partial charge in [-0.3, -0.25) is 44.7 Å². The second-order valence-corrected chi connectivity index (χ2v) is 8.51. The van der Waals surface area contributed by atoms with Gasteiger partial charge in [-0.1, -0.05) is 0 Å². The quantitative estimate of drug-likeness (QED) is 0.176. The maximum Gasteiger partial charge on any atom is 0.304 e. The zero-order chi connectivity index (χ0) is 27.2. The summed E-state index contributed by atoms with van der Waals surface area (Å²) in [5, 5.41) is 25.8. The molecule has 2 rings (SSSR count). The van der Waals surface area contributed by atoms with Crippen LogP contribution in [0.25, 0.3) is 0 Å². The molecule has 0 aromatic rings. The lowest BCUT2D eigenvalue weighted by molar-refractivity contribution is -0.570. The van der Waals surface area contributed by atoms with E-state index in [0.29, 0.717) is 0 Å². The highest BCUT2D eigenvalue weighted by molar-refractivity contribution is 5.68. The van der Waals surface area contributed by atoms with Crippen LogP contribution in [0.4, 0.5) is 0 Å². The van der Waals surface area contributed by atoms with Crippen molar-refractivity contribution in [1.82, 2.24) is 5.32 Å². The van der Waals surface area contributed by atoms with Crippen LogP contribution in [0.2, 0.25) is 0 Å². The number of carbonyl (C=O) groups is 4. The van der Waals surface area contributed by atoms with Crippen LogP contribution in [-0.2, 0) is 42.9 Å². The fourth-order valence-electron chi connectivity index (χ4n) is 4.33. The maximum atomic E-state index is 12.0. The summed E-state index contributed by atoms with van der Waals surface area (Å²) in [6.45, 7) is 3.89. The van der Waals surface area contributed by atoms with Crippen molar-refractivity contribution in [2.75, 3.05) is 6.61 Å². The molecule has 1 N–H and O–H groups in total. The van der Waals surface area contributed by atoms with Crippen LogP contribution in [0.15, 0.2) is 0 Å². The predicted molar refractivity (Wildman–Crippen MR) is 114 cm³/mol. The molecule has 0 radical (unpaired) electrons. The number of rotatable bonds is 9. The molecule has 16 nitrogen and oxygen atoms in total. The predicted octanol–water partition coefficient (Wildman–Crippen LogP) is -0.498. The fraction of sp³-hybridized carbons (Fsp3) is 0.800. The van der Waals surface area contributed by atoms with Crippen molar-refractivity contribution >= 4 is 23.9 Å². The summed E-state index contributed by atoms with van der Waals surface area (Å²) in [6.07, 6.45) is -5.83. The van der Waals surface area contributed by atoms with Crippen molar-refractivity contribution in [3.63, 3.8) is 0 Å². The molecule has 2 aliphatic rings. The number of hydrogen-bond acceptors (Lipinski definition) is 14. The lowest BCUT2D eigenvalue weighted by atomic mass is 9.85. The Morgan fingerprint density at radius 2 is 1.44 bits per heavy atom. The summed E-state index contributed by atoms with van der Waals surface area (Å²) >= 11 is 0. The van der Waals surface area contributed by atoms with Gasteiger partial charge in [-0.15, -0.1) is 0 Å². The molecule has 0 amide bonds. The summed E-state index contributed by atoms with van der Waals surface area (Å²) in [4.78, 5) is 68.7. The Morgan fingerprint density at radius 1 is 0.861 bits per heavy atom. The van der Waals surface area contributed by atoms with E-state index in [-0.39, 0.29) is 19.3 Å². The lowest BCUT2D eigenvalue weighted by Gasteiger charge is -2.46. The Hall–Kier alpha value is -3.40. The standard InChI is InChI=1S/C20H29N3O13/c1-9(24)32-8-16-18(33-10(2)25)19(34-11(3)26)17(20(36-16)35-12(4)27)21-14-6-5-13(22(28)29)7-15(14)23(30)31/h13-21H,5-8H2,1-4H3/t13-,14-,15+,16+,17-,18-,19-,20-/m1/s1. The number of nitro groups is 2. The van der Waals surface area contributed by atoms with Gasteiger partial charge in [0.1, 0.15) is 18.8 Å². The third kappa shape index (κ3) is 7.81. The molecule has 0 spiro atoms. The second kappa shape index (κ2) is 12.5. The minimum absolute atomic E-state index is 0.00246. The van der Waals surface area contributed by atoms with Gasteiger partial charge in [0.05, 0.1) is 12.5 Å². The van der Waals surface area contributed by atoms with Gasteiger partial charge in [0.2, 0.25) is 18.4 Å². The summed E-state index contributed by atoms with van der Waals surface area (Å²) in [5.41, 5.74) is 0. The van der Waals surface area contributed by atoms with E-state index in [4.69, 9.17) is 23.7 Å². The Bertz CT molecular complexity index is 881. The second-order valence-electron chi connectivity index (χ2n) is 8.51. The number of carbonyl (C=O) groups excluding carboxylic acids is 4. The van der Waals surface area contributed by atoms with Gasteiger partial charge in [0, 0.05) is 44.0 Å². The number of nitrogens with one attached hydrogen (secondary N) is 1. The summed E-state index contributed by atoms with van der Waals surface area (Å²) < 4.78 is 26.6. The molecule has 1 saturated heterocycles. The van der Waals surface area contributed by atoms with Crippen molar-refractivity contribution in [3.8, 4) is 0 Å². The van der Waals surface area contributed by atoms with Gasteiger partial charge in [0.25, 0.3) is 0 Å². The normalized spacial score (nSPS) is 32.0. The highest BCUT2D eigenvalue weighted by Crippen LogP contribution is 2.31. The molecule has 0 aromatic heterocycles. The fourth-order valence-corrected chi connectivity index (χ4v) is 4.33. The van der Waals surface area contributed by atoms with E-state index < -0.39 is 89.1 Å². The van der Waals surface area contributed by atoms with Gasteiger partial charge >= 0.3 is 23.9 Å². The largest absolute Gasteiger partial charge is 0.463 e. The zero-order valence-electron chi connectivity index (χ0n) is 20.1. The smallest absolute Gasteiger partial charge is 0.304 e. The van der Waals surface area contributed by atoms with Gasteiger partial charge in [-0.2, -0.15) is 0 Å². The average molecular weight is 519 g/mol. The van der Waals surface area contributed by atoms with Gasteiger partial charge in [-0.25, -0.2) is 0 Å². The van der Waals surface area contributed by atoms with E-state index in [1.54, 1.807) is 0 Å². The van der Waals surface area contributed by atoms with Crippen LogP contribution in [-0.4, -0.2) is 89.1 Å².